The van der Waals surface area contributed by atoms with Gasteiger partial charge >= 0.3 is 0 Å². The van der Waals surface area contributed by atoms with Crippen LogP contribution in [0.4, 0.5) is 0 Å². The molecule has 128 valence electrons. The van der Waals surface area contributed by atoms with Gasteiger partial charge in [-0.2, -0.15) is 0 Å². The molecule has 0 spiro atoms. The van der Waals surface area contributed by atoms with Crippen molar-refractivity contribution in [3.05, 3.63) is 65.7 Å². The molecule has 0 saturated heterocycles. The molecular formula is C18H23N3O2S. The molecule has 24 heavy (non-hydrogen) atoms. The Bertz CT molecular complexity index is 770. The molecule has 0 fully saturated rings. The molecule has 5 nitrogen and oxygen atoms in total. The normalized spacial score (nSPS) is 12.0. The predicted molar refractivity (Wildman–Crippen MR) is 97.6 cm³/mol. The van der Waals surface area contributed by atoms with E-state index in [0.717, 1.165) is 23.6 Å². The Kier molecular flexibility index (Phi) is 6.37. The summed E-state index contributed by atoms with van der Waals surface area (Å²) in [5.41, 5.74) is 2.14. The van der Waals surface area contributed by atoms with Crippen LogP contribution in [0.1, 0.15) is 18.1 Å². The van der Waals surface area contributed by atoms with Gasteiger partial charge < -0.3 is 10.6 Å². The number of nitrogens with one attached hydrogen (secondary N) is 2. The first-order chi connectivity index (χ1) is 11.5. The molecule has 2 aromatic carbocycles. The van der Waals surface area contributed by atoms with Gasteiger partial charge in [0, 0.05) is 19.3 Å². The molecular weight excluding hydrogens is 322 g/mol. The highest BCUT2D eigenvalue weighted by molar-refractivity contribution is 7.90. The van der Waals surface area contributed by atoms with Crippen LogP contribution in [0.3, 0.4) is 0 Å². The van der Waals surface area contributed by atoms with E-state index in [1.54, 1.807) is 12.1 Å². The van der Waals surface area contributed by atoms with Gasteiger partial charge in [0.05, 0.1) is 11.4 Å². The Balaban J connectivity index is 1.98. The third kappa shape index (κ3) is 5.70. The van der Waals surface area contributed by atoms with Gasteiger partial charge in [-0.3, -0.25) is 0 Å². The first kappa shape index (κ1) is 18.0. The van der Waals surface area contributed by atoms with E-state index in [2.05, 4.69) is 15.6 Å². The van der Waals surface area contributed by atoms with E-state index < -0.39 is 9.84 Å². The fourth-order valence-electron chi connectivity index (χ4n) is 2.14. The Morgan fingerprint density at radius 3 is 2.21 bits per heavy atom. The summed E-state index contributed by atoms with van der Waals surface area (Å²) in [7, 11) is -3.16. The van der Waals surface area contributed by atoms with Gasteiger partial charge in [0.15, 0.2) is 15.8 Å². The number of sulfone groups is 1. The lowest BCUT2D eigenvalue weighted by Crippen LogP contribution is -2.36. The minimum atomic E-state index is -3.16. The summed E-state index contributed by atoms with van der Waals surface area (Å²) in [4.78, 5) is 4.88. The third-order valence-corrected chi connectivity index (χ3v) is 4.55. The number of nitrogens with zero attached hydrogens (tertiary/aromatic N) is 1. The van der Waals surface area contributed by atoms with Crippen molar-refractivity contribution in [1.29, 1.82) is 0 Å². The molecule has 0 amide bonds. The minimum Gasteiger partial charge on any atom is -0.357 e. The van der Waals surface area contributed by atoms with E-state index in [1.807, 2.05) is 49.4 Å². The summed E-state index contributed by atoms with van der Waals surface area (Å²) < 4.78 is 22.9. The van der Waals surface area contributed by atoms with Crippen molar-refractivity contribution in [3.8, 4) is 0 Å². The Morgan fingerprint density at radius 1 is 0.958 bits per heavy atom. The topological polar surface area (TPSA) is 70.6 Å². The van der Waals surface area contributed by atoms with Crippen LogP contribution in [0.2, 0.25) is 0 Å². The lowest BCUT2D eigenvalue weighted by atomic mass is 10.2. The van der Waals surface area contributed by atoms with E-state index >= 15 is 0 Å². The van der Waals surface area contributed by atoms with E-state index in [0.29, 0.717) is 18.0 Å². The summed E-state index contributed by atoms with van der Waals surface area (Å²) in [5, 5.41) is 6.46. The molecule has 0 aliphatic rings. The van der Waals surface area contributed by atoms with Gasteiger partial charge in [-0.1, -0.05) is 42.5 Å². The second-order valence-corrected chi connectivity index (χ2v) is 7.47. The quantitative estimate of drug-likeness (QED) is 0.623. The molecule has 2 rings (SSSR count). The van der Waals surface area contributed by atoms with E-state index in [-0.39, 0.29) is 0 Å². The number of hydrogen-bond donors (Lipinski definition) is 2. The zero-order chi connectivity index (χ0) is 17.4. The molecule has 0 saturated carbocycles. The van der Waals surface area contributed by atoms with Crippen LogP contribution in [-0.4, -0.2) is 27.2 Å². The summed E-state index contributed by atoms with van der Waals surface area (Å²) >= 11 is 0. The summed E-state index contributed by atoms with van der Waals surface area (Å²) in [6.07, 6.45) is 1.21. The van der Waals surface area contributed by atoms with Crippen molar-refractivity contribution in [2.75, 3.05) is 12.8 Å². The Morgan fingerprint density at radius 2 is 1.62 bits per heavy atom. The number of rotatable bonds is 6. The fourth-order valence-corrected chi connectivity index (χ4v) is 2.77. The largest absolute Gasteiger partial charge is 0.357 e. The van der Waals surface area contributed by atoms with Gasteiger partial charge in [-0.05, 0) is 30.2 Å². The number of hydrogen-bond acceptors (Lipinski definition) is 3. The molecule has 0 bridgehead atoms. The SMILES string of the molecule is CCNC(=NCc1ccccc1)NCc1ccc(S(C)(=O)=O)cc1. The molecule has 0 aliphatic heterocycles. The highest BCUT2D eigenvalue weighted by Crippen LogP contribution is 2.10. The first-order valence-corrected chi connectivity index (χ1v) is 9.73. The van der Waals surface area contributed by atoms with Crippen molar-refractivity contribution in [1.82, 2.24) is 10.6 Å². The number of guanidine groups is 1. The van der Waals surface area contributed by atoms with Gasteiger partial charge in [-0.25, -0.2) is 13.4 Å². The van der Waals surface area contributed by atoms with Crippen LogP contribution in [0.25, 0.3) is 0 Å². The molecule has 0 heterocycles. The highest BCUT2D eigenvalue weighted by atomic mass is 32.2. The molecule has 2 aromatic rings. The summed E-state index contributed by atoms with van der Waals surface area (Å²) in [5.74, 6) is 0.730. The van der Waals surface area contributed by atoms with Crippen molar-refractivity contribution in [3.63, 3.8) is 0 Å². The minimum absolute atomic E-state index is 0.330. The van der Waals surface area contributed by atoms with Gasteiger partial charge in [-0.15, -0.1) is 0 Å². The standard InChI is InChI=1S/C18H23N3O2S/c1-3-19-18(20-13-15-7-5-4-6-8-15)21-14-16-9-11-17(12-10-16)24(2,22)23/h4-12H,3,13-14H2,1-2H3,(H2,19,20,21). The van der Waals surface area contributed by atoms with Crippen LogP contribution in [0.5, 0.6) is 0 Å². The fraction of sp³-hybridized carbons (Fsp3) is 0.278. The van der Waals surface area contributed by atoms with Gasteiger partial charge in [0.1, 0.15) is 0 Å². The maximum atomic E-state index is 11.5. The lowest BCUT2D eigenvalue weighted by Gasteiger charge is -2.11. The maximum Gasteiger partial charge on any atom is 0.191 e. The third-order valence-electron chi connectivity index (χ3n) is 3.42. The molecule has 6 heteroatoms. The molecule has 0 aliphatic carbocycles. The molecule has 0 aromatic heterocycles. The summed E-state index contributed by atoms with van der Waals surface area (Å²) in [6, 6.07) is 16.9. The van der Waals surface area contributed by atoms with Crippen LogP contribution < -0.4 is 10.6 Å². The van der Waals surface area contributed by atoms with Crippen LogP contribution in [-0.2, 0) is 22.9 Å². The second kappa shape index (κ2) is 8.49. The maximum absolute atomic E-state index is 11.5. The van der Waals surface area contributed by atoms with E-state index in [9.17, 15) is 8.42 Å². The van der Waals surface area contributed by atoms with Crippen molar-refractivity contribution >= 4 is 15.8 Å². The monoisotopic (exact) mass is 345 g/mol. The van der Waals surface area contributed by atoms with Crippen molar-refractivity contribution in [2.24, 2.45) is 4.99 Å². The molecule has 0 atom stereocenters. The number of benzene rings is 2. The van der Waals surface area contributed by atoms with Crippen molar-refractivity contribution in [2.45, 2.75) is 24.9 Å². The molecule has 2 N–H and O–H groups in total. The predicted octanol–water partition coefficient (Wildman–Crippen LogP) is 2.35. The second-order valence-electron chi connectivity index (χ2n) is 5.45. The van der Waals surface area contributed by atoms with Crippen LogP contribution in [0, 0.1) is 0 Å². The summed E-state index contributed by atoms with van der Waals surface area (Å²) in [6.45, 7) is 3.96. The van der Waals surface area contributed by atoms with Crippen molar-refractivity contribution < 1.29 is 8.42 Å². The zero-order valence-electron chi connectivity index (χ0n) is 14.0. The number of aliphatic imine (C=N–C) groups is 1. The zero-order valence-corrected chi connectivity index (χ0v) is 14.8. The average molecular weight is 345 g/mol. The van der Waals surface area contributed by atoms with Crippen LogP contribution >= 0.6 is 0 Å². The van der Waals surface area contributed by atoms with Gasteiger partial charge in [0.2, 0.25) is 0 Å². The first-order valence-electron chi connectivity index (χ1n) is 7.84. The average Bonchev–Trinajstić information content (AvgIpc) is 2.58. The Hall–Kier alpha value is -2.34. The highest BCUT2D eigenvalue weighted by Gasteiger charge is 2.06. The van der Waals surface area contributed by atoms with Gasteiger partial charge in [0.25, 0.3) is 0 Å². The molecule has 0 radical (unpaired) electrons. The smallest absolute Gasteiger partial charge is 0.191 e. The Labute approximate surface area is 143 Å². The lowest BCUT2D eigenvalue weighted by molar-refractivity contribution is 0.602. The van der Waals surface area contributed by atoms with Crippen LogP contribution in [0.15, 0.2) is 64.5 Å². The molecule has 0 unspecified atom stereocenters. The van der Waals surface area contributed by atoms with E-state index in [1.165, 1.54) is 6.26 Å². The van der Waals surface area contributed by atoms with E-state index in [4.69, 9.17) is 0 Å².